The molecule has 144 valence electrons. The number of benzene rings is 2. The molecule has 1 aromatic heterocycles. The first kappa shape index (κ1) is 19.5. The SMILES string of the molecule is O=C(NCC(=O)OCc1csc(-c2ccc(F)cc2)n1)NCc1ccccc1. The maximum Gasteiger partial charge on any atom is 0.325 e. The summed E-state index contributed by atoms with van der Waals surface area (Å²) in [5.41, 5.74) is 2.34. The van der Waals surface area contributed by atoms with E-state index < -0.39 is 12.0 Å². The lowest BCUT2D eigenvalue weighted by atomic mass is 10.2. The van der Waals surface area contributed by atoms with Gasteiger partial charge in [-0.05, 0) is 29.8 Å². The fourth-order valence-corrected chi connectivity index (χ4v) is 3.11. The molecule has 2 amide bonds. The maximum atomic E-state index is 13.0. The minimum atomic E-state index is -0.564. The number of hydrogen-bond donors (Lipinski definition) is 2. The molecule has 0 aliphatic heterocycles. The van der Waals surface area contributed by atoms with Crippen LogP contribution in [0.2, 0.25) is 0 Å². The van der Waals surface area contributed by atoms with Gasteiger partial charge >= 0.3 is 12.0 Å². The first-order chi connectivity index (χ1) is 13.6. The van der Waals surface area contributed by atoms with E-state index in [1.54, 1.807) is 17.5 Å². The van der Waals surface area contributed by atoms with Crippen LogP contribution in [0.15, 0.2) is 60.0 Å². The summed E-state index contributed by atoms with van der Waals surface area (Å²) >= 11 is 1.38. The normalized spacial score (nSPS) is 10.3. The smallest absolute Gasteiger partial charge is 0.325 e. The highest BCUT2D eigenvalue weighted by Crippen LogP contribution is 2.24. The van der Waals surface area contributed by atoms with Crippen LogP contribution in [-0.2, 0) is 22.7 Å². The molecule has 0 radical (unpaired) electrons. The van der Waals surface area contributed by atoms with E-state index in [1.165, 1.54) is 23.5 Å². The highest BCUT2D eigenvalue weighted by atomic mass is 32.1. The number of aromatic nitrogens is 1. The molecule has 0 saturated carbocycles. The lowest BCUT2D eigenvalue weighted by Crippen LogP contribution is -2.38. The van der Waals surface area contributed by atoms with Crippen molar-refractivity contribution in [2.75, 3.05) is 6.54 Å². The molecule has 0 unspecified atom stereocenters. The highest BCUT2D eigenvalue weighted by Gasteiger charge is 2.09. The van der Waals surface area contributed by atoms with Crippen molar-refractivity contribution in [3.63, 3.8) is 0 Å². The van der Waals surface area contributed by atoms with Gasteiger partial charge in [-0.1, -0.05) is 30.3 Å². The number of amides is 2. The lowest BCUT2D eigenvalue weighted by Gasteiger charge is -2.07. The van der Waals surface area contributed by atoms with Gasteiger partial charge in [0.1, 0.15) is 24.0 Å². The molecule has 2 N–H and O–H groups in total. The molecule has 2 aromatic carbocycles. The van der Waals surface area contributed by atoms with Crippen molar-refractivity contribution < 1.29 is 18.7 Å². The molecule has 0 aliphatic rings. The second-order valence-corrected chi connectivity index (χ2v) is 6.69. The third kappa shape index (κ3) is 5.88. The minimum Gasteiger partial charge on any atom is -0.458 e. The Hall–Kier alpha value is -3.26. The van der Waals surface area contributed by atoms with E-state index in [-0.39, 0.29) is 19.0 Å². The average molecular weight is 399 g/mol. The number of nitrogens with one attached hydrogen (secondary N) is 2. The van der Waals surface area contributed by atoms with Crippen LogP contribution in [0.1, 0.15) is 11.3 Å². The van der Waals surface area contributed by atoms with Crippen molar-refractivity contribution in [1.29, 1.82) is 0 Å². The molecule has 0 atom stereocenters. The van der Waals surface area contributed by atoms with Gasteiger partial charge in [0.2, 0.25) is 0 Å². The Balaban J connectivity index is 1.38. The van der Waals surface area contributed by atoms with E-state index in [0.29, 0.717) is 17.2 Å². The largest absolute Gasteiger partial charge is 0.458 e. The zero-order valence-corrected chi connectivity index (χ0v) is 15.7. The molecule has 0 saturated heterocycles. The van der Waals surface area contributed by atoms with Gasteiger partial charge in [-0.25, -0.2) is 14.2 Å². The molecular formula is C20H18FN3O3S. The Morgan fingerprint density at radius 3 is 2.54 bits per heavy atom. The van der Waals surface area contributed by atoms with Crippen LogP contribution in [-0.4, -0.2) is 23.5 Å². The third-order valence-corrected chi connectivity index (χ3v) is 4.65. The molecule has 0 aliphatic carbocycles. The predicted molar refractivity (Wildman–Crippen MR) is 104 cm³/mol. The van der Waals surface area contributed by atoms with Crippen molar-refractivity contribution >= 4 is 23.3 Å². The summed E-state index contributed by atoms with van der Waals surface area (Å²) in [4.78, 5) is 27.8. The molecule has 3 aromatic rings. The zero-order chi connectivity index (χ0) is 19.8. The Labute approximate surface area is 165 Å². The molecule has 6 nitrogen and oxygen atoms in total. The number of ether oxygens (including phenoxy) is 1. The van der Waals surface area contributed by atoms with Gasteiger partial charge in [-0.3, -0.25) is 4.79 Å². The van der Waals surface area contributed by atoms with E-state index in [2.05, 4.69) is 15.6 Å². The Morgan fingerprint density at radius 2 is 1.79 bits per heavy atom. The van der Waals surface area contributed by atoms with E-state index >= 15 is 0 Å². The van der Waals surface area contributed by atoms with Gasteiger partial charge in [0.05, 0.1) is 5.69 Å². The van der Waals surface area contributed by atoms with Gasteiger partial charge in [0.15, 0.2) is 0 Å². The van der Waals surface area contributed by atoms with Crippen LogP contribution in [0.4, 0.5) is 9.18 Å². The number of carbonyl (C=O) groups excluding carboxylic acids is 2. The number of carbonyl (C=O) groups is 2. The van der Waals surface area contributed by atoms with Gasteiger partial charge in [-0.2, -0.15) is 0 Å². The van der Waals surface area contributed by atoms with Crippen molar-refractivity contribution in [3.05, 3.63) is 77.1 Å². The van der Waals surface area contributed by atoms with Crippen LogP contribution in [0.3, 0.4) is 0 Å². The van der Waals surface area contributed by atoms with Crippen molar-refractivity contribution in [2.24, 2.45) is 0 Å². The summed E-state index contributed by atoms with van der Waals surface area (Å²) < 4.78 is 18.1. The third-order valence-electron chi connectivity index (χ3n) is 3.71. The summed E-state index contributed by atoms with van der Waals surface area (Å²) in [6, 6.07) is 15.0. The number of halogens is 1. The molecular weight excluding hydrogens is 381 g/mol. The standard InChI is InChI=1S/C20H18FN3O3S/c21-16-8-6-15(7-9-16)19-24-17(13-28-19)12-27-18(25)11-23-20(26)22-10-14-4-2-1-3-5-14/h1-9,13H,10-12H2,(H2,22,23,26). The Bertz CT molecular complexity index is 929. The van der Waals surface area contributed by atoms with E-state index in [1.807, 2.05) is 30.3 Å². The van der Waals surface area contributed by atoms with Gasteiger partial charge in [0, 0.05) is 17.5 Å². The number of nitrogens with zero attached hydrogens (tertiary/aromatic N) is 1. The number of esters is 1. The van der Waals surface area contributed by atoms with Crippen LogP contribution in [0, 0.1) is 5.82 Å². The van der Waals surface area contributed by atoms with E-state index in [0.717, 1.165) is 11.1 Å². The Kier molecular flexibility index (Phi) is 6.69. The monoisotopic (exact) mass is 399 g/mol. The van der Waals surface area contributed by atoms with Crippen LogP contribution >= 0.6 is 11.3 Å². The van der Waals surface area contributed by atoms with Crippen LogP contribution < -0.4 is 10.6 Å². The predicted octanol–water partition coefficient (Wildman–Crippen LogP) is 3.49. The summed E-state index contributed by atoms with van der Waals surface area (Å²) in [6.07, 6.45) is 0. The van der Waals surface area contributed by atoms with Gasteiger partial charge < -0.3 is 15.4 Å². The first-order valence-corrected chi connectivity index (χ1v) is 9.40. The highest BCUT2D eigenvalue weighted by molar-refractivity contribution is 7.13. The second-order valence-electron chi connectivity index (χ2n) is 5.83. The van der Waals surface area contributed by atoms with Crippen molar-refractivity contribution in [1.82, 2.24) is 15.6 Å². The minimum absolute atomic E-state index is 0.00381. The summed E-state index contributed by atoms with van der Waals surface area (Å²) in [6.45, 7) is 0.131. The van der Waals surface area contributed by atoms with Crippen LogP contribution in [0.25, 0.3) is 10.6 Å². The summed E-state index contributed by atoms with van der Waals surface area (Å²) in [5.74, 6) is -0.874. The summed E-state index contributed by atoms with van der Waals surface area (Å²) in [5, 5.41) is 7.59. The first-order valence-electron chi connectivity index (χ1n) is 8.52. The van der Waals surface area contributed by atoms with E-state index in [4.69, 9.17) is 4.74 Å². The quantitative estimate of drug-likeness (QED) is 0.596. The van der Waals surface area contributed by atoms with E-state index in [9.17, 15) is 14.0 Å². The topological polar surface area (TPSA) is 80.3 Å². The number of thiazole rings is 1. The van der Waals surface area contributed by atoms with Crippen LogP contribution in [0.5, 0.6) is 0 Å². The lowest BCUT2D eigenvalue weighted by molar-refractivity contribution is -0.143. The molecule has 28 heavy (non-hydrogen) atoms. The van der Waals surface area contributed by atoms with Gasteiger partial charge in [0.25, 0.3) is 0 Å². The summed E-state index contributed by atoms with van der Waals surface area (Å²) in [7, 11) is 0. The zero-order valence-electron chi connectivity index (χ0n) is 14.9. The molecule has 0 bridgehead atoms. The van der Waals surface area contributed by atoms with Crippen molar-refractivity contribution in [3.8, 4) is 10.6 Å². The molecule has 1 heterocycles. The Morgan fingerprint density at radius 1 is 1.04 bits per heavy atom. The maximum absolute atomic E-state index is 13.0. The number of hydrogen-bond acceptors (Lipinski definition) is 5. The molecule has 8 heteroatoms. The van der Waals surface area contributed by atoms with Gasteiger partial charge in [-0.15, -0.1) is 11.3 Å². The number of urea groups is 1. The molecule has 3 rings (SSSR count). The fourth-order valence-electron chi connectivity index (χ4n) is 2.30. The molecule has 0 spiro atoms. The van der Waals surface area contributed by atoms with Crippen molar-refractivity contribution in [2.45, 2.75) is 13.2 Å². The molecule has 0 fully saturated rings. The number of rotatable bonds is 7. The average Bonchev–Trinajstić information content (AvgIpc) is 3.19. The second kappa shape index (κ2) is 9.61. The fraction of sp³-hybridized carbons (Fsp3) is 0.150.